The second kappa shape index (κ2) is 14.6. The summed E-state index contributed by atoms with van der Waals surface area (Å²) in [6, 6.07) is 16.6. The van der Waals surface area contributed by atoms with Gasteiger partial charge in [-0.1, -0.05) is 49.6 Å². The van der Waals surface area contributed by atoms with Gasteiger partial charge in [-0.2, -0.15) is 0 Å². The molecule has 0 spiro atoms. The summed E-state index contributed by atoms with van der Waals surface area (Å²) in [7, 11) is 0. The van der Waals surface area contributed by atoms with Crippen LogP contribution in [0.3, 0.4) is 0 Å². The monoisotopic (exact) mass is 490 g/mol. The van der Waals surface area contributed by atoms with Crippen molar-refractivity contribution in [3.63, 3.8) is 0 Å². The highest BCUT2D eigenvalue weighted by molar-refractivity contribution is 5.87. The fraction of sp³-hybridized carbons (Fsp3) is 0.333. The highest BCUT2D eigenvalue weighted by Gasteiger charge is 2.11. The summed E-state index contributed by atoms with van der Waals surface area (Å²) in [5.41, 5.74) is 5.08. The molecule has 0 aliphatic carbocycles. The maximum atomic E-state index is 11.7. The molecule has 2 aromatic carbocycles. The first-order chi connectivity index (χ1) is 17.2. The van der Waals surface area contributed by atoms with Gasteiger partial charge in [-0.25, -0.2) is 9.59 Å². The number of hydrogen-bond acceptors (Lipinski definition) is 6. The largest absolute Gasteiger partial charge is 0.460 e. The number of rotatable bonds is 14. The normalized spacial score (nSPS) is 10.7. The smallest absolute Gasteiger partial charge is 0.333 e. The number of esters is 2. The van der Waals surface area contributed by atoms with Gasteiger partial charge < -0.3 is 19.3 Å². The van der Waals surface area contributed by atoms with Gasteiger partial charge in [0.1, 0.15) is 13.2 Å². The van der Waals surface area contributed by atoms with Crippen LogP contribution in [0.4, 0.5) is 11.4 Å². The van der Waals surface area contributed by atoms with Crippen molar-refractivity contribution in [2.24, 2.45) is 0 Å². The Morgan fingerprint density at radius 2 is 1.06 bits per heavy atom. The molecule has 0 atom stereocenters. The number of carbonyl (C=O) groups is 2. The van der Waals surface area contributed by atoms with Gasteiger partial charge in [-0.15, -0.1) is 0 Å². The van der Waals surface area contributed by atoms with Crippen LogP contribution in [0.2, 0.25) is 0 Å². The summed E-state index contributed by atoms with van der Waals surface area (Å²) in [6.07, 6.45) is 4.16. The molecule has 0 saturated carbocycles. The number of hydrogen-bond donors (Lipinski definition) is 0. The fourth-order valence-corrected chi connectivity index (χ4v) is 3.49. The second-order valence-electron chi connectivity index (χ2n) is 8.51. The first-order valence-electron chi connectivity index (χ1n) is 12.3. The van der Waals surface area contributed by atoms with Crippen LogP contribution in [0.1, 0.15) is 38.8 Å². The minimum Gasteiger partial charge on any atom is -0.460 e. The molecule has 0 aliphatic rings. The second-order valence-corrected chi connectivity index (χ2v) is 8.51. The summed E-state index contributed by atoms with van der Waals surface area (Å²) in [5, 5.41) is 0. The molecule has 0 unspecified atom stereocenters. The van der Waals surface area contributed by atoms with Crippen LogP contribution in [0.5, 0.6) is 0 Å². The first-order valence-corrected chi connectivity index (χ1v) is 12.3. The van der Waals surface area contributed by atoms with Crippen molar-refractivity contribution in [2.45, 2.75) is 27.7 Å². The molecule has 36 heavy (non-hydrogen) atoms. The summed E-state index contributed by atoms with van der Waals surface area (Å²) >= 11 is 0. The van der Waals surface area contributed by atoms with Crippen LogP contribution in [0.15, 0.2) is 72.8 Å². The van der Waals surface area contributed by atoms with Crippen LogP contribution in [-0.4, -0.2) is 51.3 Å². The molecule has 0 saturated heterocycles. The van der Waals surface area contributed by atoms with E-state index < -0.39 is 11.9 Å². The number of anilines is 2. The molecule has 2 aromatic rings. The van der Waals surface area contributed by atoms with Crippen LogP contribution in [0, 0.1) is 0 Å². The number of ether oxygens (including phenoxy) is 2. The lowest BCUT2D eigenvalue weighted by Gasteiger charge is -2.24. The van der Waals surface area contributed by atoms with Crippen molar-refractivity contribution in [3.8, 4) is 0 Å². The molecule has 0 N–H and O–H groups in total. The molecule has 0 heterocycles. The van der Waals surface area contributed by atoms with Gasteiger partial charge in [0, 0.05) is 35.6 Å². The predicted octanol–water partition coefficient (Wildman–Crippen LogP) is 5.75. The molecule has 0 aliphatic heterocycles. The Hall–Kier alpha value is -3.80. The first kappa shape index (κ1) is 28.4. The zero-order chi connectivity index (χ0) is 26.5. The van der Waals surface area contributed by atoms with Gasteiger partial charge in [0.2, 0.25) is 0 Å². The van der Waals surface area contributed by atoms with E-state index in [-0.39, 0.29) is 13.2 Å². The van der Waals surface area contributed by atoms with Crippen molar-refractivity contribution in [1.82, 2.24) is 0 Å². The average Bonchev–Trinajstić information content (AvgIpc) is 2.88. The number of nitrogens with zero attached hydrogens (tertiary/aromatic N) is 2. The van der Waals surface area contributed by atoms with E-state index in [4.69, 9.17) is 9.47 Å². The van der Waals surface area contributed by atoms with Crippen molar-refractivity contribution in [2.75, 3.05) is 49.2 Å². The molecular formula is C30H38N2O4. The van der Waals surface area contributed by atoms with Crippen molar-refractivity contribution in [3.05, 3.63) is 84.0 Å². The van der Waals surface area contributed by atoms with E-state index in [1.54, 1.807) is 13.8 Å². The Morgan fingerprint density at radius 3 is 1.39 bits per heavy atom. The fourth-order valence-electron chi connectivity index (χ4n) is 3.49. The number of benzene rings is 2. The van der Waals surface area contributed by atoms with E-state index in [1.165, 1.54) is 5.69 Å². The molecule has 0 fully saturated rings. The average molecular weight is 491 g/mol. The number of carbonyl (C=O) groups excluding carboxylic acids is 2. The summed E-state index contributed by atoms with van der Waals surface area (Å²) in [6.45, 7) is 18.0. The van der Waals surface area contributed by atoms with Crippen molar-refractivity contribution in [1.29, 1.82) is 0 Å². The quantitative estimate of drug-likeness (QED) is 0.191. The third-order valence-electron chi connectivity index (χ3n) is 5.63. The Labute approximate surface area is 215 Å². The predicted molar refractivity (Wildman–Crippen MR) is 149 cm³/mol. The van der Waals surface area contributed by atoms with E-state index in [1.807, 2.05) is 29.2 Å². The van der Waals surface area contributed by atoms with Gasteiger partial charge >= 0.3 is 11.9 Å². The van der Waals surface area contributed by atoms with Gasteiger partial charge in [-0.05, 0) is 63.1 Å². The Bertz CT molecular complexity index is 1020. The Balaban J connectivity index is 2.05. The van der Waals surface area contributed by atoms with E-state index in [2.05, 4.69) is 68.3 Å². The zero-order valence-electron chi connectivity index (χ0n) is 22.0. The topological polar surface area (TPSA) is 59.1 Å². The molecular weight excluding hydrogens is 452 g/mol. The molecule has 0 amide bonds. The summed E-state index contributed by atoms with van der Waals surface area (Å²) in [4.78, 5) is 27.8. The third-order valence-corrected chi connectivity index (χ3v) is 5.63. The lowest BCUT2D eigenvalue weighted by Crippen LogP contribution is -2.32. The highest BCUT2D eigenvalue weighted by Crippen LogP contribution is 2.19. The van der Waals surface area contributed by atoms with Gasteiger partial charge in [0.15, 0.2) is 0 Å². The molecule has 192 valence electrons. The van der Waals surface area contributed by atoms with Crippen LogP contribution >= 0.6 is 0 Å². The Morgan fingerprint density at radius 1 is 0.694 bits per heavy atom. The lowest BCUT2D eigenvalue weighted by molar-refractivity contribution is -0.139. The molecule has 0 radical (unpaired) electrons. The third kappa shape index (κ3) is 9.10. The van der Waals surface area contributed by atoms with Gasteiger partial charge in [0.25, 0.3) is 0 Å². The zero-order valence-corrected chi connectivity index (χ0v) is 22.0. The summed E-state index contributed by atoms with van der Waals surface area (Å²) < 4.78 is 10.5. The molecule has 0 aromatic heterocycles. The molecule has 6 nitrogen and oxygen atoms in total. The van der Waals surface area contributed by atoms with E-state index in [9.17, 15) is 9.59 Å². The van der Waals surface area contributed by atoms with Crippen molar-refractivity contribution >= 4 is 35.5 Å². The van der Waals surface area contributed by atoms with Crippen LogP contribution in [0.25, 0.3) is 12.2 Å². The van der Waals surface area contributed by atoms with E-state index in [0.29, 0.717) is 24.2 Å². The SMILES string of the molecule is C=C(C)C(=O)OCCN(CCOC(=O)C(=C)C)c1ccc(/C=C/c2ccc(N(CC)CC)cc2)cc1. The lowest BCUT2D eigenvalue weighted by atomic mass is 10.1. The van der Waals surface area contributed by atoms with Crippen LogP contribution < -0.4 is 9.80 Å². The maximum Gasteiger partial charge on any atom is 0.333 e. The highest BCUT2D eigenvalue weighted by atomic mass is 16.5. The van der Waals surface area contributed by atoms with Crippen molar-refractivity contribution < 1.29 is 19.1 Å². The van der Waals surface area contributed by atoms with Gasteiger partial charge in [-0.3, -0.25) is 0 Å². The van der Waals surface area contributed by atoms with E-state index >= 15 is 0 Å². The standard InChI is InChI=1S/C30H38N2O4/c1-7-31(8-2)27-15-11-25(12-16-27)9-10-26-13-17-28(18-14-26)32(19-21-35-29(33)23(3)4)20-22-36-30(34)24(5)6/h9-18H,3,5,7-8,19-22H2,1-2,4,6H3/b10-9+. The molecule has 2 rings (SSSR count). The molecule has 6 heteroatoms. The minimum absolute atomic E-state index is 0.200. The van der Waals surface area contributed by atoms with Crippen LogP contribution in [-0.2, 0) is 19.1 Å². The summed E-state index contributed by atoms with van der Waals surface area (Å²) in [5.74, 6) is -0.844. The molecule has 0 bridgehead atoms. The minimum atomic E-state index is -0.422. The van der Waals surface area contributed by atoms with E-state index in [0.717, 1.165) is 29.9 Å². The Kier molecular flexibility index (Phi) is 11.5. The van der Waals surface area contributed by atoms with Gasteiger partial charge in [0.05, 0.1) is 13.1 Å². The maximum absolute atomic E-state index is 11.7.